The first kappa shape index (κ1) is 86.3. The number of hydrogen-bond donors (Lipinski definition) is 8. The number of nitrogens with two attached hydrogens (primary N) is 1. The molecule has 0 unspecified atom stereocenters. The van der Waals surface area contributed by atoms with Crippen molar-refractivity contribution in [3.8, 4) is 0 Å². The van der Waals surface area contributed by atoms with Gasteiger partial charge < -0.3 is 81.5 Å². The lowest BCUT2D eigenvalue weighted by Crippen LogP contribution is -2.60. The third kappa shape index (κ3) is 26.0. The Labute approximate surface area is 609 Å². The predicted octanol–water partition coefficient (Wildman–Crippen LogP) is 4.03. The summed E-state index contributed by atoms with van der Waals surface area (Å²) in [7, 11) is 5.94. The number of nitrogens with zero attached hydrogens (tertiary/aromatic N) is 6. The molecule has 2 heterocycles. The standard InChI is InChI=1S/C72H109N13O17S/c1-16-46(10)63(54(100-14)37-59(90)85-34-23-27-53(85)64(101-15)47(11)65(91)77-52(70(96)97)36-48-24-20-19-21-25-48)80(12)69(95)61(44(6)7)79-68(94)62(45(8)9)81(13)72(99)102-38-49-28-30-50(31-29-49)75-66(92)51(26-22-33-74-71(73)98)76-67(93)60(43(4)5)78-55(86)39-103-35-32-58(89)84-41-82(56(87)17-2)40-83(42-84)57(88)18-3/h17-21,24-25,28-31,43-47,51-54,60-64H,2-3,16,22-23,26-27,32-42H2,1,4-15H3,(H,75,92)(H,76,93)(H,77,91)(H,78,86)(H,79,94)(H,96,97)(H3,73,74,98)/t46-,47+,51-,52-,53-,54+,60-,61-,62-,63-,64+/m0/s1. The van der Waals surface area contributed by atoms with Crippen molar-refractivity contribution in [3.05, 3.63) is 91.0 Å². The normalized spacial score (nSPS) is 16.6. The number of anilines is 1. The summed E-state index contributed by atoms with van der Waals surface area (Å²) in [4.78, 5) is 182. The number of primary amides is 1. The zero-order valence-electron chi connectivity index (χ0n) is 61.8. The van der Waals surface area contributed by atoms with Gasteiger partial charge in [0.25, 0.3) is 0 Å². The first-order chi connectivity index (χ1) is 48.7. The number of carbonyl (C=O) groups excluding carboxylic acids is 12. The zero-order chi connectivity index (χ0) is 76.9. The molecular weight excluding hydrogens is 1350 g/mol. The Morgan fingerprint density at radius 2 is 1.30 bits per heavy atom. The first-order valence-electron chi connectivity index (χ1n) is 34.8. The van der Waals surface area contributed by atoms with Crippen molar-refractivity contribution in [2.75, 3.05) is 78.2 Å². The molecule has 0 spiro atoms. The molecule has 0 saturated carbocycles. The van der Waals surface area contributed by atoms with E-state index in [0.717, 1.165) is 34.4 Å². The highest BCUT2D eigenvalue weighted by Crippen LogP contribution is 2.30. The molecule has 0 radical (unpaired) electrons. The number of urea groups is 1. The zero-order valence-corrected chi connectivity index (χ0v) is 62.6. The molecule has 0 aliphatic carbocycles. The Bertz CT molecular complexity index is 3220. The second-order valence-electron chi connectivity index (χ2n) is 27.1. The van der Waals surface area contributed by atoms with Crippen molar-refractivity contribution in [1.82, 2.24) is 56.0 Å². The molecule has 2 aliphatic rings. The third-order valence-electron chi connectivity index (χ3n) is 18.5. The fourth-order valence-electron chi connectivity index (χ4n) is 12.6. The van der Waals surface area contributed by atoms with Crippen LogP contribution in [0.3, 0.4) is 0 Å². The molecule has 0 aromatic heterocycles. The molecule has 2 aliphatic heterocycles. The number of carboxylic acids is 1. The van der Waals surface area contributed by atoms with E-state index in [0.29, 0.717) is 37.1 Å². The van der Waals surface area contributed by atoms with E-state index in [1.807, 2.05) is 19.9 Å². The summed E-state index contributed by atoms with van der Waals surface area (Å²) in [6.07, 6.45) is 1.57. The van der Waals surface area contributed by atoms with E-state index >= 15 is 0 Å². The fourth-order valence-corrected chi connectivity index (χ4v) is 13.3. The Balaban J connectivity index is 1.37. The molecule has 31 heteroatoms. The summed E-state index contributed by atoms with van der Waals surface area (Å²) in [6, 6.07) is 7.57. The highest BCUT2D eigenvalue weighted by Gasteiger charge is 2.44. The van der Waals surface area contributed by atoms with Gasteiger partial charge in [-0.05, 0) is 84.8 Å². The average molecular weight is 1460 g/mol. The van der Waals surface area contributed by atoms with Gasteiger partial charge in [-0.15, -0.1) is 0 Å². The molecule has 9 N–H and O–H groups in total. The van der Waals surface area contributed by atoms with Crippen LogP contribution in [0.25, 0.3) is 0 Å². The minimum atomic E-state index is -1.20. The number of carbonyl (C=O) groups is 13. The highest BCUT2D eigenvalue weighted by atomic mass is 32.2. The van der Waals surface area contributed by atoms with E-state index < -0.39 is 144 Å². The van der Waals surface area contributed by atoms with Crippen LogP contribution in [-0.2, 0) is 80.0 Å². The molecule has 4 rings (SSSR count). The first-order valence-corrected chi connectivity index (χ1v) is 36.0. The van der Waals surface area contributed by atoms with Crippen LogP contribution in [0, 0.1) is 29.6 Å². The van der Waals surface area contributed by atoms with Crippen molar-refractivity contribution >= 4 is 94.6 Å². The highest BCUT2D eigenvalue weighted by molar-refractivity contribution is 7.99. The summed E-state index contributed by atoms with van der Waals surface area (Å²) in [6.45, 7) is 23.0. The quantitative estimate of drug-likeness (QED) is 0.0345. The summed E-state index contributed by atoms with van der Waals surface area (Å²) in [5.41, 5.74) is 6.80. The smallest absolute Gasteiger partial charge is 0.410 e. The Morgan fingerprint density at radius 1 is 0.699 bits per heavy atom. The number of ether oxygens (including phenoxy) is 3. The van der Waals surface area contributed by atoms with Crippen LogP contribution in [0.4, 0.5) is 15.3 Å². The largest absolute Gasteiger partial charge is 0.480 e. The fraction of sp³-hybridized carbons (Fsp3) is 0.597. The number of methoxy groups -OCH3 is 2. The molecule has 0 bridgehead atoms. The van der Waals surface area contributed by atoms with E-state index in [1.165, 1.54) is 40.9 Å². The third-order valence-corrected chi connectivity index (χ3v) is 19.4. The van der Waals surface area contributed by atoms with E-state index in [-0.39, 0.29) is 94.5 Å². The van der Waals surface area contributed by atoms with Crippen LogP contribution < -0.4 is 37.6 Å². The van der Waals surface area contributed by atoms with E-state index in [1.54, 1.807) is 109 Å². The van der Waals surface area contributed by atoms with Crippen LogP contribution in [0.15, 0.2) is 79.9 Å². The van der Waals surface area contributed by atoms with Crippen molar-refractivity contribution in [3.63, 3.8) is 0 Å². The van der Waals surface area contributed by atoms with Gasteiger partial charge in [0.15, 0.2) is 0 Å². The van der Waals surface area contributed by atoms with Gasteiger partial charge >= 0.3 is 18.1 Å². The maximum absolute atomic E-state index is 14.8. The monoisotopic (exact) mass is 1460 g/mol. The van der Waals surface area contributed by atoms with Gasteiger partial charge in [0.2, 0.25) is 59.1 Å². The molecule has 2 fully saturated rings. The van der Waals surface area contributed by atoms with E-state index in [9.17, 15) is 67.4 Å². The van der Waals surface area contributed by atoms with Gasteiger partial charge in [0.1, 0.15) is 36.8 Å². The Morgan fingerprint density at radius 3 is 1.84 bits per heavy atom. The predicted molar refractivity (Wildman–Crippen MR) is 387 cm³/mol. The maximum Gasteiger partial charge on any atom is 0.410 e. The number of likely N-dealkylation sites (N-methyl/N-ethyl adjacent to an activating group) is 2. The number of carboxylic acid groups (broad SMARTS) is 1. The molecule has 30 nitrogen and oxygen atoms in total. The lowest BCUT2D eigenvalue weighted by atomic mass is 9.89. The lowest BCUT2D eigenvalue weighted by molar-refractivity contribution is -0.154. The molecule has 570 valence electrons. The van der Waals surface area contributed by atoms with Gasteiger partial charge in [-0.25, -0.2) is 14.4 Å². The molecule has 13 amide bonds. The maximum atomic E-state index is 14.8. The van der Waals surface area contributed by atoms with Crippen LogP contribution in [0.2, 0.25) is 0 Å². The molecular formula is C72H109N13O17S. The van der Waals surface area contributed by atoms with Crippen LogP contribution in [-0.4, -0.2) is 239 Å². The Hall–Kier alpha value is -9.10. The topological polar surface area (TPSA) is 387 Å². The number of benzene rings is 2. The number of rotatable bonds is 40. The van der Waals surface area contributed by atoms with Gasteiger partial charge in [0.05, 0.1) is 62.4 Å². The molecule has 103 heavy (non-hydrogen) atoms. The Kier molecular flexibility index (Phi) is 35.6. The van der Waals surface area contributed by atoms with Crippen molar-refractivity contribution < 1.29 is 81.6 Å². The summed E-state index contributed by atoms with van der Waals surface area (Å²) >= 11 is 1.13. The summed E-state index contributed by atoms with van der Waals surface area (Å²) in [5.74, 6) is -8.59. The molecule has 2 aromatic carbocycles. The molecule has 2 saturated heterocycles. The number of nitrogens with one attached hydrogen (secondary N) is 6. The van der Waals surface area contributed by atoms with Crippen molar-refractivity contribution in [2.45, 2.75) is 175 Å². The van der Waals surface area contributed by atoms with Gasteiger partial charge in [-0.2, -0.15) is 11.8 Å². The molecule has 11 atom stereocenters. The van der Waals surface area contributed by atoms with Crippen molar-refractivity contribution in [2.24, 2.45) is 35.3 Å². The van der Waals surface area contributed by atoms with Gasteiger partial charge in [-0.1, -0.05) is 124 Å². The second-order valence-corrected chi connectivity index (χ2v) is 28.2. The number of hydrogen-bond acceptors (Lipinski definition) is 17. The lowest BCUT2D eigenvalue weighted by Gasteiger charge is -2.41. The van der Waals surface area contributed by atoms with Gasteiger partial charge in [0, 0.05) is 65.7 Å². The number of aliphatic carboxylic acids is 1. The van der Waals surface area contributed by atoms with Crippen LogP contribution in [0.1, 0.15) is 118 Å². The number of amides is 13. The summed E-state index contributed by atoms with van der Waals surface area (Å²) < 4.78 is 17.7. The number of thioether (sulfide) groups is 1. The summed E-state index contributed by atoms with van der Waals surface area (Å²) in [5, 5.41) is 26.3. The second kappa shape index (κ2) is 42.5. The van der Waals surface area contributed by atoms with Crippen molar-refractivity contribution in [1.29, 1.82) is 0 Å². The SMILES string of the molecule is C=CC(=O)N1CN(C(=O)C=C)CN(C(=O)CCSCC(=O)N[C@H](C(=O)N[C@@H](CCCNC(N)=O)C(=O)Nc2ccc(COC(=O)N(C)[C@H](C(=O)N[C@H](C(=O)N(C)[C@@H]([C@@H](C)CC)[C@@H](CC(=O)N3CCC[C@H]3[C@H](OC)[C@@H](C)C(=O)N[C@@H](Cc3ccccc3)C(=O)O)OC)C(C)C)C(C)C)cc2)C(C)C)C1. The minimum absolute atomic E-state index is 0.0285. The molecule has 2 aromatic rings. The average Bonchev–Trinajstić information content (AvgIpc) is 1.80. The number of likely N-dealkylation sites (tertiary alicyclic amines) is 1. The van der Waals surface area contributed by atoms with Gasteiger partial charge in [-0.3, -0.25) is 52.8 Å². The minimum Gasteiger partial charge on any atom is -0.480 e. The van der Waals surface area contributed by atoms with E-state index in [2.05, 4.69) is 45.1 Å². The van der Waals surface area contributed by atoms with Crippen LogP contribution in [0.5, 0.6) is 0 Å². The van der Waals surface area contributed by atoms with Crippen LogP contribution >= 0.6 is 11.8 Å². The van der Waals surface area contributed by atoms with E-state index in [4.69, 9.17) is 19.9 Å².